The molecule has 44 heavy (non-hydrogen) atoms. The molecule has 2 aromatic carbocycles. The Bertz CT molecular complexity index is 1300. The van der Waals surface area contributed by atoms with E-state index in [0.29, 0.717) is 19.1 Å². The number of aliphatic hydroxyl groups excluding tert-OH is 1. The average molecular weight is 617 g/mol. The third-order valence-corrected chi connectivity index (χ3v) is 17.6. The van der Waals surface area contributed by atoms with Gasteiger partial charge in [-0.05, 0) is 90.8 Å². The van der Waals surface area contributed by atoms with Crippen LogP contribution in [0.5, 0.6) is 0 Å². The molecule has 0 amide bonds. The largest absolute Gasteiger partial charge is 0.410 e. The molecule has 0 aliphatic heterocycles. The number of fused-ring (bicyclic) bond motifs is 2. The van der Waals surface area contributed by atoms with Crippen LogP contribution in [0.2, 0.25) is 18.1 Å². The van der Waals surface area contributed by atoms with Crippen molar-refractivity contribution in [1.29, 1.82) is 0 Å². The van der Waals surface area contributed by atoms with Crippen molar-refractivity contribution in [2.75, 3.05) is 0 Å². The normalized spacial score (nSPS) is 34.5. The van der Waals surface area contributed by atoms with Gasteiger partial charge in [-0.2, -0.15) is 0 Å². The second-order valence-electron chi connectivity index (χ2n) is 15.1. The van der Waals surface area contributed by atoms with Crippen molar-refractivity contribution in [1.82, 2.24) is 0 Å². The highest BCUT2D eigenvalue weighted by atomic mass is 28.4. The van der Waals surface area contributed by atoms with Crippen molar-refractivity contribution >= 4 is 8.32 Å². The molecule has 0 unspecified atom stereocenters. The van der Waals surface area contributed by atoms with Gasteiger partial charge in [0.05, 0.1) is 31.5 Å². The molecule has 0 radical (unpaired) electrons. The van der Waals surface area contributed by atoms with E-state index < -0.39 is 8.32 Å². The fourth-order valence-electron chi connectivity index (χ4n) is 9.95. The van der Waals surface area contributed by atoms with E-state index in [0.717, 1.165) is 56.7 Å². The molecule has 0 spiro atoms. The molecule has 0 saturated heterocycles. The highest BCUT2D eigenvalue weighted by Crippen LogP contribution is 2.79. The zero-order valence-corrected chi connectivity index (χ0v) is 29.1. The summed E-state index contributed by atoms with van der Waals surface area (Å²) >= 11 is 0. The highest BCUT2D eigenvalue weighted by Gasteiger charge is 2.77. The molecule has 7 atom stereocenters. The Morgan fingerprint density at radius 1 is 0.841 bits per heavy atom. The maximum Gasteiger partial charge on any atom is 0.192 e. The van der Waals surface area contributed by atoms with Gasteiger partial charge in [-0.1, -0.05) is 102 Å². The van der Waals surface area contributed by atoms with Crippen LogP contribution >= 0.6 is 0 Å². The van der Waals surface area contributed by atoms with Crippen LogP contribution in [0.4, 0.5) is 0 Å². The maximum absolute atomic E-state index is 11.9. The molecule has 240 valence electrons. The number of benzene rings is 2. The third-order valence-electron chi connectivity index (χ3n) is 12.9. The summed E-state index contributed by atoms with van der Waals surface area (Å²) in [6, 6.07) is 24.6. The van der Waals surface area contributed by atoms with E-state index in [-0.39, 0.29) is 40.7 Å². The van der Waals surface area contributed by atoms with E-state index in [1.165, 1.54) is 22.3 Å². The Morgan fingerprint density at radius 2 is 1.43 bits per heavy atom. The van der Waals surface area contributed by atoms with Crippen LogP contribution in [0.3, 0.4) is 0 Å². The topological polar surface area (TPSA) is 47.9 Å². The Labute approximate surface area is 267 Å². The first-order valence-electron chi connectivity index (χ1n) is 17.5. The molecule has 3 saturated carbocycles. The van der Waals surface area contributed by atoms with Crippen LogP contribution < -0.4 is 0 Å². The molecule has 6 rings (SSSR count). The van der Waals surface area contributed by atoms with E-state index >= 15 is 0 Å². The van der Waals surface area contributed by atoms with E-state index in [9.17, 15) is 5.11 Å². The van der Waals surface area contributed by atoms with E-state index in [1.807, 2.05) is 0 Å². The second-order valence-corrected chi connectivity index (χ2v) is 19.9. The first-order valence-corrected chi connectivity index (χ1v) is 20.1. The van der Waals surface area contributed by atoms with Gasteiger partial charge in [0.2, 0.25) is 0 Å². The van der Waals surface area contributed by atoms with Crippen LogP contribution in [0.25, 0.3) is 0 Å². The summed E-state index contributed by atoms with van der Waals surface area (Å²) in [4.78, 5) is 0. The summed E-state index contributed by atoms with van der Waals surface area (Å²) in [6.45, 7) is 15.4. The van der Waals surface area contributed by atoms with Crippen LogP contribution in [0.1, 0.15) is 91.2 Å². The molecular formula is C39H56O4Si. The van der Waals surface area contributed by atoms with Gasteiger partial charge >= 0.3 is 0 Å². The van der Waals surface area contributed by atoms with Gasteiger partial charge in [0.25, 0.3) is 0 Å². The highest BCUT2D eigenvalue weighted by molar-refractivity contribution is 6.73. The summed E-state index contributed by atoms with van der Waals surface area (Å²) in [5, 5.41) is 11.9. The van der Waals surface area contributed by atoms with Crippen molar-refractivity contribution in [3.63, 3.8) is 0 Å². The minimum absolute atomic E-state index is 0.0659. The number of rotatable bonds is 11. The fraction of sp³-hybridized carbons (Fsp3) is 0.641. The van der Waals surface area contributed by atoms with Crippen molar-refractivity contribution in [3.05, 3.63) is 82.9 Å². The lowest BCUT2D eigenvalue weighted by molar-refractivity contribution is -0.150. The molecule has 1 N–H and O–H groups in total. The number of hydrogen-bond acceptors (Lipinski definition) is 4. The lowest BCUT2D eigenvalue weighted by Gasteiger charge is -2.55. The molecule has 3 fully saturated rings. The molecule has 0 heterocycles. The van der Waals surface area contributed by atoms with Crippen LogP contribution in [0.15, 0.2) is 71.8 Å². The standard InChI is InChI=1S/C39H56O4Si/c1-7-44(8-2,9-3)43-32-23-31-24-39-27-38(39,22-16-21-33(39)40)36(42-26-30-19-14-11-15-20-30)35(34(28(32)4)37(31,5)6)41-25-29-17-12-10-13-18-29/h10-15,17-20,31-33,35-36,40H,7-9,16,21-27H2,1-6H3/t31-,32-,33+,35+,36-,38+,39+/m0/s1. The zero-order valence-electron chi connectivity index (χ0n) is 28.1. The Balaban J connectivity index is 1.49. The molecule has 2 aromatic rings. The van der Waals surface area contributed by atoms with Gasteiger partial charge in [0.15, 0.2) is 8.32 Å². The van der Waals surface area contributed by atoms with Gasteiger partial charge in [-0.3, -0.25) is 0 Å². The molecule has 4 nitrogen and oxygen atoms in total. The molecule has 0 aromatic heterocycles. The predicted octanol–water partition coefficient (Wildman–Crippen LogP) is 9.24. The summed E-state index contributed by atoms with van der Waals surface area (Å²) in [5.74, 6) is 0.427. The van der Waals surface area contributed by atoms with Crippen molar-refractivity contribution < 1.29 is 19.0 Å². The van der Waals surface area contributed by atoms with Gasteiger partial charge in [-0.15, -0.1) is 0 Å². The Hall–Kier alpha value is -1.76. The summed E-state index contributed by atoms with van der Waals surface area (Å²) in [5.41, 5.74) is 4.90. The van der Waals surface area contributed by atoms with Gasteiger partial charge in [0, 0.05) is 10.8 Å². The molecular weight excluding hydrogens is 561 g/mol. The van der Waals surface area contributed by atoms with Crippen molar-refractivity contribution in [2.24, 2.45) is 22.2 Å². The SMILES string of the molecule is CC[Si](CC)(CC)O[C@H]1C[C@H]2C[C@]34C[C@]3(CCC[C@H]4O)[C@@H](OCc3ccccc3)[C@H](OCc3ccccc3)C(=C1C)C2(C)C. The summed E-state index contributed by atoms with van der Waals surface area (Å²) in [7, 11) is -1.85. The minimum atomic E-state index is -1.85. The van der Waals surface area contributed by atoms with E-state index in [2.05, 4.69) is 102 Å². The molecule has 5 heteroatoms. The zero-order chi connectivity index (χ0) is 31.2. The van der Waals surface area contributed by atoms with Crippen molar-refractivity contribution in [3.8, 4) is 0 Å². The molecule has 4 aliphatic carbocycles. The Morgan fingerprint density at radius 3 is 2.02 bits per heavy atom. The van der Waals surface area contributed by atoms with Crippen LogP contribution in [0, 0.1) is 22.2 Å². The lowest BCUT2D eigenvalue weighted by Crippen LogP contribution is -2.56. The van der Waals surface area contributed by atoms with Crippen molar-refractivity contribution in [2.45, 2.75) is 136 Å². The first-order chi connectivity index (χ1) is 21.1. The number of hydrogen-bond donors (Lipinski definition) is 1. The van der Waals surface area contributed by atoms with Crippen LogP contribution in [-0.4, -0.2) is 37.8 Å². The summed E-state index contributed by atoms with van der Waals surface area (Å²) < 4.78 is 21.8. The monoisotopic (exact) mass is 616 g/mol. The quantitative estimate of drug-likeness (QED) is 0.202. The molecule has 2 bridgehead atoms. The smallest absolute Gasteiger partial charge is 0.192 e. The van der Waals surface area contributed by atoms with Crippen LogP contribution in [-0.2, 0) is 27.1 Å². The average Bonchev–Trinajstić information content (AvgIpc) is 3.71. The first kappa shape index (κ1) is 32.2. The minimum Gasteiger partial charge on any atom is -0.410 e. The van der Waals surface area contributed by atoms with Gasteiger partial charge in [0.1, 0.15) is 6.10 Å². The lowest BCUT2D eigenvalue weighted by atomic mass is 9.55. The van der Waals surface area contributed by atoms with E-state index in [1.54, 1.807) is 0 Å². The molecule has 4 aliphatic rings. The van der Waals surface area contributed by atoms with Gasteiger partial charge < -0.3 is 19.0 Å². The van der Waals surface area contributed by atoms with Gasteiger partial charge in [-0.25, -0.2) is 0 Å². The summed E-state index contributed by atoms with van der Waals surface area (Å²) in [6.07, 6.45) is 5.68. The number of aliphatic hydroxyl groups is 1. The Kier molecular flexibility index (Phi) is 9.11. The third kappa shape index (κ3) is 5.39. The van der Waals surface area contributed by atoms with E-state index in [4.69, 9.17) is 13.9 Å². The predicted molar refractivity (Wildman–Crippen MR) is 181 cm³/mol. The maximum atomic E-state index is 11.9. The number of ether oxygens (including phenoxy) is 2. The fourth-order valence-corrected chi connectivity index (χ4v) is 12.8. The second kappa shape index (κ2) is 12.4.